The summed E-state index contributed by atoms with van der Waals surface area (Å²) in [6.07, 6.45) is 1.58. The number of carboxylic acid groups (broad SMARTS) is 6. The molecule has 1 heterocycles. The molecule has 4 amide bonds. The molecule has 1 aliphatic heterocycles. The molecule has 0 unspecified atom stereocenters. The van der Waals surface area contributed by atoms with Gasteiger partial charge in [0.05, 0.1) is 65.4 Å². The van der Waals surface area contributed by atoms with Gasteiger partial charge in [0.2, 0.25) is 23.6 Å². The second-order valence-corrected chi connectivity index (χ2v) is 14.6. The zero-order valence-corrected chi connectivity index (χ0v) is 34.8. The van der Waals surface area contributed by atoms with Gasteiger partial charge in [-0.2, -0.15) is 0 Å². The smallest absolute Gasteiger partial charge is 0.317 e. The summed E-state index contributed by atoms with van der Waals surface area (Å²) in [7, 11) is 0. The molecular weight excluding hydrogens is 828 g/mol. The molecule has 0 radical (unpaired) electrons. The molecule has 26 nitrogen and oxygen atoms in total. The van der Waals surface area contributed by atoms with Crippen LogP contribution in [0.25, 0.3) is 0 Å². The molecule has 1 aliphatic rings. The van der Waals surface area contributed by atoms with E-state index in [-0.39, 0.29) is 105 Å². The van der Waals surface area contributed by atoms with Gasteiger partial charge in [0.25, 0.3) is 0 Å². The molecule has 1 rings (SSSR count). The van der Waals surface area contributed by atoms with E-state index in [0.29, 0.717) is 25.7 Å². The van der Waals surface area contributed by atoms with E-state index >= 15 is 0 Å². The van der Waals surface area contributed by atoms with Crippen LogP contribution in [0.5, 0.6) is 0 Å². The summed E-state index contributed by atoms with van der Waals surface area (Å²) < 4.78 is 0. The Kier molecular flexibility index (Phi) is 27.5. The number of hydrogen-bond donors (Lipinski definition) is 10. The fraction of sp³-hybridized carbons (Fsp3) is 0.722. The van der Waals surface area contributed by atoms with Crippen molar-refractivity contribution >= 4 is 59.4 Å². The summed E-state index contributed by atoms with van der Waals surface area (Å²) in [5.41, 5.74) is 0. The number of carbonyl (C=O) groups excluding carboxylic acids is 4. The second-order valence-electron chi connectivity index (χ2n) is 14.6. The Morgan fingerprint density at radius 2 is 0.484 bits per heavy atom. The van der Waals surface area contributed by atoms with E-state index in [9.17, 15) is 78.6 Å². The Morgan fingerprint density at radius 1 is 0.323 bits per heavy atom. The molecule has 0 bridgehead atoms. The topological polar surface area (TPSA) is 360 Å². The number of carboxylic acids is 6. The lowest BCUT2D eigenvalue weighted by molar-refractivity contribution is -0.141. The van der Waals surface area contributed by atoms with Gasteiger partial charge < -0.3 is 51.9 Å². The fourth-order valence-corrected chi connectivity index (χ4v) is 6.12. The summed E-state index contributed by atoms with van der Waals surface area (Å²) in [6.45, 7) is -4.12. The van der Waals surface area contributed by atoms with Gasteiger partial charge in [0, 0.05) is 78.5 Å². The van der Waals surface area contributed by atoms with Crippen molar-refractivity contribution in [1.82, 2.24) is 50.7 Å². The van der Waals surface area contributed by atoms with Crippen molar-refractivity contribution in [3.05, 3.63) is 0 Å². The molecule has 10 N–H and O–H groups in total. The number of carbonyl (C=O) groups is 10. The van der Waals surface area contributed by atoms with E-state index in [1.54, 1.807) is 0 Å². The Hall–Kier alpha value is -5.54. The van der Waals surface area contributed by atoms with Crippen LogP contribution in [0.1, 0.15) is 25.7 Å². The van der Waals surface area contributed by atoms with E-state index in [1.165, 1.54) is 29.4 Å². The minimum absolute atomic E-state index is 0.0156. The lowest BCUT2D eigenvalue weighted by Gasteiger charge is -2.28. The van der Waals surface area contributed by atoms with Crippen molar-refractivity contribution in [1.29, 1.82) is 0 Å². The van der Waals surface area contributed by atoms with Gasteiger partial charge in [0.1, 0.15) is 0 Å². The lowest BCUT2D eigenvalue weighted by Crippen LogP contribution is -2.47. The number of hydrogen-bond acceptors (Lipinski definition) is 16. The largest absolute Gasteiger partial charge is 0.480 e. The molecule has 0 aliphatic carbocycles. The van der Waals surface area contributed by atoms with Gasteiger partial charge in [-0.1, -0.05) is 0 Å². The second kappa shape index (κ2) is 31.3. The summed E-state index contributed by atoms with van der Waals surface area (Å²) in [5, 5.41) is 67.3. The van der Waals surface area contributed by atoms with Crippen molar-refractivity contribution in [3.63, 3.8) is 0 Å². The highest BCUT2D eigenvalue weighted by atomic mass is 16.4. The first-order valence-corrected chi connectivity index (χ1v) is 20.0. The highest BCUT2D eigenvalue weighted by Crippen LogP contribution is 2.00. The third-order valence-corrected chi connectivity index (χ3v) is 9.05. The van der Waals surface area contributed by atoms with Gasteiger partial charge in [-0.05, 0) is 25.7 Å². The number of nitrogens with one attached hydrogen (secondary N) is 4. The third-order valence-electron chi connectivity index (χ3n) is 9.05. The van der Waals surface area contributed by atoms with E-state index in [4.69, 9.17) is 0 Å². The van der Waals surface area contributed by atoms with Gasteiger partial charge in [-0.15, -0.1) is 0 Å². The quantitative estimate of drug-likeness (QED) is 0.0873. The molecule has 0 saturated carbocycles. The maximum absolute atomic E-state index is 12.7. The summed E-state index contributed by atoms with van der Waals surface area (Å²) in [4.78, 5) is 128. The molecule has 0 aromatic carbocycles. The molecule has 1 saturated heterocycles. The SMILES string of the molecule is O=C(O)CN1CCN(CC(=O)O)CC(=O)NCCCCNC(=O)CN(CC(=O)O)CCN(CC(=O)O)CCN(CC(=O)O)CC(=O)NCCCCNC(=O)CN(CC(=O)O)CC1. The first-order chi connectivity index (χ1) is 29.3. The monoisotopic (exact) mass is 890 g/mol. The number of aliphatic carboxylic acids is 6. The van der Waals surface area contributed by atoms with Crippen LogP contribution in [-0.2, 0) is 47.9 Å². The molecule has 0 aromatic rings. The summed E-state index contributed by atoms with van der Waals surface area (Å²) >= 11 is 0. The number of nitrogens with zero attached hydrogens (tertiary/aromatic N) is 6. The van der Waals surface area contributed by atoms with Gasteiger partial charge in [-0.3, -0.25) is 77.3 Å². The average Bonchev–Trinajstić information content (AvgIpc) is 3.14. The van der Waals surface area contributed by atoms with E-state index in [0.717, 1.165) is 0 Å². The van der Waals surface area contributed by atoms with Crippen LogP contribution in [0, 0.1) is 0 Å². The molecule has 0 aromatic heterocycles. The van der Waals surface area contributed by atoms with Gasteiger partial charge in [0.15, 0.2) is 0 Å². The molecule has 0 atom stereocenters. The predicted octanol–water partition coefficient (Wildman–Crippen LogP) is -5.66. The molecule has 0 spiro atoms. The van der Waals surface area contributed by atoms with Crippen LogP contribution < -0.4 is 21.3 Å². The van der Waals surface area contributed by atoms with E-state index in [2.05, 4.69) is 21.3 Å². The Labute approximate surface area is 358 Å². The molecule has 26 heteroatoms. The van der Waals surface area contributed by atoms with Crippen molar-refractivity contribution in [2.75, 3.05) is 144 Å². The number of rotatable bonds is 12. The molecular formula is C36H62N10O16. The zero-order chi connectivity index (χ0) is 46.5. The van der Waals surface area contributed by atoms with Crippen LogP contribution in [0.15, 0.2) is 0 Å². The first-order valence-electron chi connectivity index (χ1n) is 20.0. The van der Waals surface area contributed by atoms with Gasteiger partial charge >= 0.3 is 35.8 Å². The minimum atomic E-state index is -1.24. The summed E-state index contributed by atoms with van der Waals surface area (Å²) in [5.74, 6) is -9.44. The zero-order valence-electron chi connectivity index (χ0n) is 34.8. The van der Waals surface area contributed by atoms with Gasteiger partial charge in [-0.25, -0.2) is 0 Å². The van der Waals surface area contributed by atoms with Crippen LogP contribution in [0.2, 0.25) is 0 Å². The van der Waals surface area contributed by atoms with Crippen molar-refractivity contribution in [3.8, 4) is 0 Å². The maximum atomic E-state index is 12.7. The van der Waals surface area contributed by atoms with Crippen LogP contribution in [0.4, 0.5) is 0 Å². The van der Waals surface area contributed by atoms with Crippen molar-refractivity contribution in [2.24, 2.45) is 0 Å². The Balaban J connectivity index is 3.14. The van der Waals surface area contributed by atoms with Crippen molar-refractivity contribution in [2.45, 2.75) is 25.7 Å². The predicted molar refractivity (Wildman–Crippen MR) is 215 cm³/mol. The highest BCUT2D eigenvalue weighted by molar-refractivity contribution is 5.81. The average molecular weight is 891 g/mol. The molecule has 1 fully saturated rings. The third kappa shape index (κ3) is 29.6. The standard InChI is InChI=1S/C36H62N10O16/c47-27-17-43(23-33(55)56)13-9-41(21-31(51)52)11-15-45(25-35(59)60)19-29(49)39-7-3-4-8-40-30(50)20-46(26-36(61)62)16-12-42(22-32(53)54)10-14-44(24-34(57)58)18-28(48)38-6-2-1-5-37-27/h1-26H2,(H,37,47)(H,38,48)(H,39,49)(H,40,50)(H,51,52)(H,53,54)(H,55,56)(H,57,58)(H,59,60)(H,61,62). The Bertz CT molecular complexity index is 1300. The number of amides is 4. The maximum Gasteiger partial charge on any atom is 0.317 e. The van der Waals surface area contributed by atoms with Crippen LogP contribution in [-0.4, -0.2) is 263 Å². The van der Waals surface area contributed by atoms with E-state index in [1.807, 2.05) is 0 Å². The summed E-state index contributed by atoms with van der Waals surface area (Å²) in [6, 6.07) is 0. The van der Waals surface area contributed by atoms with E-state index < -0.39 is 98.7 Å². The molecule has 352 valence electrons. The first kappa shape index (κ1) is 54.5. The van der Waals surface area contributed by atoms with Crippen LogP contribution in [0.3, 0.4) is 0 Å². The Morgan fingerprint density at radius 3 is 0.661 bits per heavy atom. The van der Waals surface area contributed by atoms with Crippen LogP contribution >= 0.6 is 0 Å². The minimum Gasteiger partial charge on any atom is -0.480 e. The molecule has 62 heavy (non-hydrogen) atoms. The highest BCUT2D eigenvalue weighted by Gasteiger charge is 2.22. The van der Waals surface area contributed by atoms with Crippen molar-refractivity contribution < 1.29 is 78.6 Å². The normalized spacial score (nSPS) is 19.7. The fourth-order valence-electron chi connectivity index (χ4n) is 6.12. The lowest BCUT2D eigenvalue weighted by atomic mass is 10.3.